The van der Waals surface area contributed by atoms with Crippen LogP contribution in [0.2, 0.25) is 0 Å². The number of aryl methyl sites for hydroxylation is 1. The van der Waals surface area contributed by atoms with E-state index >= 15 is 0 Å². The Morgan fingerprint density at radius 3 is 2.63 bits per heavy atom. The van der Waals surface area contributed by atoms with Gasteiger partial charge in [-0.3, -0.25) is 9.59 Å². The van der Waals surface area contributed by atoms with Gasteiger partial charge in [0.05, 0.1) is 19.8 Å². The van der Waals surface area contributed by atoms with Gasteiger partial charge in [0.1, 0.15) is 19.1 Å². The summed E-state index contributed by atoms with van der Waals surface area (Å²) in [5.74, 6) is 0.0849. The highest BCUT2D eigenvalue weighted by Gasteiger charge is 2.29. The van der Waals surface area contributed by atoms with Crippen LogP contribution < -0.4 is 25.0 Å². The monoisotopic (exact) mass is 412 g/mol. The van der Waals surface area contributed by atoms with E-state index in [1.54, 1.807) is 6.07 Å². The Labute approximate surface area is 175 Å². The zero-order valence-electron chi connectivity index (χ0n) is 16.9. The van der Waals surface area contributed by atoms with Gasteiger partial charge in [-0.15, -0.1) is 0 Å². The highest BCUT2D eigenvalue weighted by atomic mass is 16.7. The van der Waals surface area contributed by atoms with E-state index in [0.717, 1.165) is 30.0 Å². The Bertz CT molecular complexity index is 927. The van der Waals surface area contributed by atoms with Crippen LogP contribution in [-0.4, -0.2) is 51.5 Å². The molecular formula is C22H26N3O5+. The number of hydrogen-bond acceptors (Lipinski definition) is 5. The molecule has 8 nitrogen and oxygen atoms in total. The van der Waals surface area contributed by atoms with E-state index in [0.29, 0.717) is 31.2 Å². The van der Waals surface area contributed by atoms with Gasteiger partial charge in [-0.25, -0.2) is 0 Å². The van der Waals surface area contributed by atoms with Crippen molar-refractivity contribution in [1.82, 2.24) is 5.32 Å². The summed E-state index contributed by atoms with van der Waals surface area (Å²) >= 11 is 0. The summed E-state index contributed by atoms with van der Waals surface area (Å²) in [6.45, 7) is 5.45. The third-order valence-corrected chi connectivity index (χ3v) is 5.38. The van der Waals surface area contributed by atoms with Crippen LogP contribution >= 0.6 is 0 Å². The Kier molecular flexibility index (Phi) is 6.15. The lowest BCUT2D eigenvalue weighted by molar-refractivity contribution is -0.937. The molecular weight excluding hydrogens is 386 g/mol. The quantitative estimate of drug-likeness (QED) is 0.620. The molecule has 2 aromatic rings. The summed E-state index contributed by atoms with van der Waals surface area (Å²) in [6.07, 6.45) is 0. The normalized spacial score (nSPS) is 16.7. The molecule has 0 radical (unpaired) electrons. The number of rotatable bonds is 5. The maximum absolute atomic E-state index is 12.4. The number of benzene rings is 2. The number of morpholine rings is 1. The summed E-state index contributed by atoms with van der Waals surface area (Å²) in [5.41, 5.74) is 2.63. The zero-order chi connectivity index (χ0) is 20.9. The maximum atomic E-state index is 12.4. The summed E-state index contributed by atoms with van der Waals surface area (Å²) in [5, 5.41) is 5.44. The molecule has 1 fully saturated rings. The van der Waals surface area contributed by atoms with Gasteiger partial charge < -0.3 is 29.7 Å². The number of ether oxygens (including phenoxy) is 3. The van der Waals surface area contributed by atoms with E-state index < -0.39 is 11.8 Å². The molecule has 30 heavy (non-hydrogen) atoms. The predicted octanol–water partition coefficient (Wildman–Crippen LogP) is 0.435. The van der Waals surface area contributed by atoms with Gasteiger partial charge in [0.15, 0.2) is 11.5 Å². The first-order valence-corrected chi connectivity index (χ1v) is 10.1. The lowest BCUT2D eigenvalue weighted by Gasteiger charge is -2.32. The van der Waals surface area contributed by atoms with Crippen molar-refractivity contribution in [3.05, 3.63) is 53.6 Å². The Morgan fingerprint density at radius 2 is 1.83 bits per heavy atom. The molecule has 2 heterocycles. The minimum Gasteiger partial charge on any atom is -0.454 e. The number of carbonyl (C=O) groups excluding carboxylic acids is 2. The van der Waals surface area contributed by atoms with Crippen molar-refractivity contribution in [2.45, 2.75) is 13.0 Å². The Hall–Kier alpha value is -3.10. The van der Waals surface area contributed by atoms with Crippen molar-refractivity contribution >= 4 is 17.5 Å². The Balaban J connectivity index is 1.43. The molecule has 0 saturated carbocycles. The average molecular weight is 412 g/mol. The third-order valence-electron chi connectivity index (χ3n) is 5.38. The van der Waals surface area contributed by atoms with E-state index in [1.807, 2.05) is 43.3 Å². The average Bonchev–Trinajstić information content (AvgIpc) is 3.22. The molecule has 1 atom stereocenters. The summed E-state index contributed by atoms with van der Waals surface area (Å²) in [6, 6.07) is 13.1. The summed E-state index contributed by atoms with van der Waals surface area (Å²) in [7, 11) is 0. The van der Waals surface area contributed by atoms with Crippen molar-refractivity contribution < 1.29 is 28.7 Å². The van der Waals surface area contributed by atoms with Crippen molar-refractivity contribution in [2.24, 2.45) is 0 Å². The number of carbonyl (C=O) groups is 2. The van der Waals surface area contributed by atoms with Crippen LogP contribution in [0.15, 0.2) is 42.5 Å². The first-order chi connectivity index (χ1) is 14.6. The van der Waals surface area contributed by atoms with Crippen molar-refractivity contribution in [3.63, 3.8) is 0 Å². The van der Waals surface area contributed by atoms with Gasteiger partial charge in [-0.05, 0) is 42.8 Å². The van der Waals surface area contributed by atoms with Gasteiger partial charge >= 0.3 is 11.8 Å². The first-order valence-electron chi connectivity index (χ1n) is 10.1. The zero-order valence-corrected chi connectivity index (χ0v) is 16.9. The molecule has 2 aliphatic heterocycles. The highest BCUT2D eigenvalue weighted by molar-refractivity contribution is 6.39. The van der Waals surface area contributed by atoms with E-state index in [4.69, 9.17) is 14.2 Å². The van der Waals surface area contributed by atoms with Gasteiger partial charge in [0, 0.05) is 11.3 Å². The second-order valence-corrected chi connectivity index (χ2v) is 7.47. The second kappa shape index (κ2) is 9.15. The third kappa shape index (κ3) is 4.72. The van der Waals surface area contributed by atoms with Crippen LogP contribution in [-0.2, 0) is 14.3 Å². The van der Waals surface area contributed by atoms with Crippen molar-refractivity contribution in [3.8, 4) is 11.5 Å². The lowest BCUT2D eigenvalue weighted by atomic mass is 10.0. The number of fused-ring (bicyclic) bond motifs is 1. The largest absolute Gasteiger partial charge is 0.454 e. The van der Waals surface area contributed by atoms with Gasteiger partial charge in [-0.1, -0.05) is 12.1 Å². The van der Waals surface area contributed by atoms with Gasteiger partial charge in [-0.2, -0.15) is 0 Å². The van der Waals surface area contributed by atoms with Crippen LogP contribution in [0.25, 0.3) is 0 Å². The molecule has 0 spiro atoms. The van der Waals surface area contributed by atoms with Crippen molar-refractivity contribution in [1.29, 1.82) is 0 Å². The molecule has 0 aromatic heterocycles. The molecule has 0 aliphatic carbocycles. The van der Waals surface area contributed by atoms with Crippen LogP contribution in [0.3, 0.4) is 0 Å². The smallest absolute Gasteiger partial charge is 0.313 e. The van der Waals surface area contributed by atoms with Crippen LogP contribution in [0, 0.1) is 6.92 Å². The molecule has 0 unspecified atom stereocenters. The molecule has 2 amide bonds. The Morgan fingerprint density at radius 1 is 1.03 bits per heavy atom. The van der Waals surface area contributed by atoms with Crippen LogP contribution in [0.4, 0.5) is 5.69 Å². The fourth-order valence-electron chi connectivity index (χ4n) is 3.80. The molecule has 2 aliphatic rings. The van der Waals surface area contributed by atoms with Gasteiger partial charge in [0.25, 0.3) is 0 Å². The minimum absolute atomic E-state index is 0.0286. The van der Waals surface area contributed by atoms with Crippen molar-refractivity contribution in [2.75, 3.05) is 45.0 Å². The fraction of sp³-hybridized carbons (Fsp3) is 0.364. The lowest BCUT2D eigenvalue weighted by Crippen LogP contribution is -3.15. The second-order valence-electron chi connectivity index (χ2n) is 7.47. The predicted molar refractivity (Wildman–Crippen MR) is 110 cm³/mol. The summed E-state index contributed by atoms with van der Waals surface area (Å²) < 4.78 is 16.4. The molecule has 2 aromatic carbocycles. The van der Waals surface area contributed by atoms with Crippen LogP contribution in [0.5, 0.6) is 11.5 Å². The number of anilines is 1. The molecule has 0 bridgehead atoms. The highest BCUT2D eigenvalue weighted by Crippen LogP contribution is 2.33. The van der Waals surface area contributed by atoms with Gasteiger partial charge in [0.2, 0.25) is 6.79 Å². The number of quaternary nitrogens is 1. The van der Waals surface area contributed by atoms with E-state index in [2.05, 4.69) is 10.6 Å². The molecule has 3 N–H and O–H groups in total. The number of amides is 2. The topological polar surface area (TPSA) is 90.3 Å². The maximum Gasteiger partial charge on any atom is 0.313 e. The molecule has 4 rings (SSSR count). The molecule has 8 heteroatoms. The number of nitrogens with one attached hydrogen (secondary N) is 3. The minimum atomic E-state index is -0.679. The standard InChI is InChI=1S/C22H25N3O5/c1-15-3-2-4-17(11-15)24-22(27)21(26)23-13-18(25-7-9-28-10-8-25)16-5-6-19-20(12-16)30-14-29-19/h2-6,11-12,18H,7-10,13-14H2,1H3,(H,23,26)(H,24,27)/p+1/t18-/m0/s1. The molecule has 158 valence electrons. The van der Waals surface area contributed by atoms with E-state index in [-0.39, 0.29) is 12.8 Å². The number of hydrogen-bond donors (Lipinski definition) is 3. The fourth-order valence-corrected chi connectivity index (χ4v) is 3.80. The van der Waals surface area contributed by atoms with E-state index in [1.165, 1.54) is 4.90 Å². The van der Waals surface area contributed by atoms with Crippen LogP contribution in [0.1, 0.15) is 17.2 Å². The SMILES string of the molecule is Cc1cccc(NC(=O)C(=O)NC[C@@H](c2ccc3c(c2)OCO3)[NH+]2CCOCC2)c1. The molecule has 1 saturated heterocycles. The summed E-state index contributed by atoms with van der Waals surface area (Å²) in [4.78, 5) is 26.0. The first kappa shape index (κ1) is 20.2. The van der Waals surface area contributed by atoms with E-state index in [9.17, 15) is 9.59 Å².